The van der Waals surface area contributed by atoms with Crippen molar-refractivity contribution in [3.63, 3.8) is 0 Å². The lowest BCUT2D eigenvalue weighted by molar-refractivity contribution is -0.141. The van der Waals surface area contributed by atoms with Gasteiger partial charge in [0.25, 0.3) is 0 Å². The monoisotopic (exact) mass is 320 g/mol. The first-order valence-electron chi connectivity index (χ1n) is 5.95. The summed E-state index contributed by atoms with van der Waals surface area (Å²) >= 11 is 4.77. The second-order valence-electron chi connectivity index (χ2n) is 4.42. The molecule has 116 valence electrons. The number of anilines is 1. The SMILES string of the molecule is CN(C)C(=O)CCNc1nc(C(F)(F)F)ccc1C(N)=S. The molecular weight excluding hydrogens is 305 g/mol. The van der Waals surface area contributed by atoms with Gasteiger partial charge in [0.15, 0.2) is 0 Å². The highest BCUT2D eigenvalue weighted by atomic mass is 32.1. The van der Waals surface area contributed by atoms with Gasteiger partial charge in [-0.3, -0.25) is 4.79 Å². The maximum atomic E-state index is 12.6. The molecule has 0 aromatic carbocycles. The summed E-state index contributed by atoms with van der Waals surface area (Å²) < 4.78 is 37.9. The Hall–Kier alpha value is -1.90. The van der Waals surface area contributed by atoms with E-state index in [0.29, 0.717) is 0 Å². The average molecular weight is 320 g/mol. The van der Waals surface area contributed by atoms with E-state index < -0.39 is 11.9 Å². The summed E-state index contributed by atoms with van der Waals surface area (Å²) in [5.41, 5.74) is 4.60. The van der Waals surface area contributed by atoms with Crippen LogP contribution >= 0.6 is 12.2 Å². The third-order valence-electron chi connectivity index (χ3n) is 2.58. The molecule has 0 aliphatic carbocycles. The first kappa shape index (κ1) is 17.2. The molecule has 5 nitrogen and oxygen atoms in total. The van der Waals surface area contributed by atoms with Crippen LogP contribution in [0.25, 0.3) is 0 Å². The summed E-state index contributed by atoms with van der Waals surface area (Å²) in [6.07, 6.45) is -4.45. The molecular formula is C12H15F3N4OS. The van der Waals surface area contributed by atoms with Crippen molar-refractivity contribution < 1.29 is 18.0 Å². The van der Waals surface area contributed by atoms with Crippen LogP contribution in [0.1, 0.15) is 17.7 Å². The molecule has 9 heteroatoms. The van der Waals surface area contributed by atoms with E-state index in [9.17, 15) is 18.0 Å². The number of nitrogens with zero attached hydrogens (tertiary/aromatic N) is 2. The molecule has 1 aromatic rings. The van der Waals surface area contributed by atoms with Crippen molar-refractivity contribution in [2.24, 2.45) is 5.73 Å². The number of carbonyl (C=O) groups excluding carboxylic acids is 1. The van der Waals surface area contributed by atoms with E-state index in [1.54, 1.807) is 14.1 Å². The van der Waals surface area contributed by atoms with Gasteiger partial charge in [0, 0.05) is 27.1 Å². The summed E-state index contributed by atoms with van der Waals surface area (Å²) in [5.74, 6) is -0.241. The number of hydrogen-bond acceptors (Lipinski definition) is 4. The van der Waals surface area contributed by atoms with Crippen molar-refractivity contribution in [3.05, 3.63) is 23.4 Å². The number of nitrogens with two attached hydrogens (primary N) is 1. The number of amides is 1. The quantitative estimate of drug-likeness (QED) is 0.807. The predicted octanol–water partition coefficient (Wildman–Crippen LogP) is 1.62. The first-order chi connectivity index (χ1) is 9.62. The molecule has 0 radical (unpaired) electrons. The van der Waals surface area contributed by atoms with Gasteiger partial charge in [-0.1, -0.05) is 12.2 Å². The zero-order valence-electron chi connectivity index (χ0n) is 11.5. The topological polar surface area (TPSA) is 71.2 Å². The lowest BCUT2D eigenvalue weighted by atomic mass is 10.2. The maximum absolute atomic E-state index is 12.6. The average Bonchev–Trinajstić information content (AvgIpc) is 2.36. The third kappa shape index (κ3) is 4.85. The van der Waals surface area contributed by atoms with E-state index >= 15 is 0 Å². The first-order valence-corrected chi connectivity index (χ1v) is 6.36. The van der Waals surface area contributed by atoms with Crippen LogP contribution < -0.4 is 11.1 Å². The fraction of sp³-hybridized carbons (Fsp3) is 0.417. The molecule has 3 N–H and O–H groups in total. The Morgan fingerprint density at radius 3 is 2.52 bits per heavy atom. The van der Waals surface area contributed by atoms with Gasteiger partial charge in [-0.05, 0) is 12.1 Å². The molecule has 0 bridgehead atoms. The van der Waals surface area contributed by atoms with Gasteiger partial charge < -0.3 is 16.0 Å². The van der Waals surface area contributed by atoms with Crippen molar-refractivity contribution in [2.75, 3.05) is 26.0 Å². The predicted molar refractivity (Wildman–Crippen MR) is 76.9 cm³/mol. The van der Waals surface area contributed by atoms with Crippen molar-refractivity contribution >= 4 is 28.9 Å². The third-order valence-corrected chi connectivity index (χ3v) is 2.80. The van der Waals surface area contributed by atoms with Gasteiger partial charge in [0.1, 0.15) is 16.5 Å². The fourth-order valence-corrected chi connectivity index (χ4v) is 1.63. The Morgan fingerprint density at radius 2 is 2.05 bits per heavy atom. The minimum Gasteiger partial charge on any atom is -0.389 e. The molecule has 1 rings (SSSR count). The van der Waals surface area contributed by atoms with Crippen molar-refractivity contribution in [1.82, 2.24) is 9.88 Å². The van der Waals surface area contributed by atoms with Crippen LogP contribution in [-0.4, -0.2) is 41.4 Å². The second kappa shape index (κ2) is 6.70. The molecule has 1 aromatic heterocycles. The molecule has 0 saturated carbocycles. The van der Waals surface area contributed by atoms with Gasteiger partial charge in [0.05, 0.1) is 5.56 Å². The van der Waals surface area contributed by atoms with Crippen molar-refractivity contribution in [3.8, 4) is 0 Å². The molecule has 0 spiro atoms. The number of rotatable bonds is 5. The van der Waals surface area contributed by atoms with Crippen LogP contribution in [0.5, 0.6) is 0 Å². The van der Waals surface area contributed by atoms with E-state index in [1.807, 2.05) is 0 Å². The van der Waals surface area contributed by atoms with Crippen LogP contribution in [0.15, 0.2) is 12.1 Å². The largest absolute Gasteiger partial charge is 0.433 e. The molecule has 0 fully saturated rings. The zero-order chi connectivity index (χ0) is 16.2. The van der Waals surface area contributed by atoms with Gasteiger partial charge in [-0.15, -0.1) is 0 Å². The Labute approximate surface area is 125 Å². The lowest BCUT2D eigenvalue weighted by Crippen LogP contribution is -2.25. The Bertz CT molecular complexity index is 546. The van der Waals surface area contributed by atoms with Gasteiger partial charge in [0.2, 0.25) is 5.91 Å². The van der Waals surface area contributed by atoms with E-state index in [-0.39, 0.29) is 35.2 Å². The number of hydrogen-bond donors (Lipinski definition) is 2. The molecule has 1 heterocycles. The molecule has 0 unspecified atom stereocenters. The zero-order valence-corrected chi connectivity index (χ0v) is 12.3. The number of carbonyl (C=O) groups is 1. The van der Waals surface area contributed by atoms with Crippen molar-refractivity contribution in [2.45, 2.75) is 12.6 Å². The highest BCUT2D eigenvalue weighted by molar-refractivity contribution is 7.80. The van der Waals surface area contributed by atoms with Gasteiger partial charge >= 0.3 is 6.18 Å². The molecule has 1 amide bonds. The minimum absolute atomic E-state index is 0.0716. The highest BCUT2D eigenvalue weighted by Crippen LogP contribution is 2.29. The Morgan fingerprint density at radius 1 is 1.43 bits per heavy atom. The minimum atomic E-state index is -4.56. The molecule has 0 aliphatic heterocycles. The smallest absolute Gasteiger partial charge is 0.389 e. The van der Waals surface area contributed by atoms with E-state index in [0.717, 1.165) is 12.1 Å². The van der Waals surface area contributed by atoms with Crippen LogP contribution in [0, 0.1) is 0 Å². The molecule has 0 atom stereocenters. The highest BCUT2D eigenvalue weighted by Gasteiger charge is 2.33. The number of halogens is 3. The van der Waals surface area contributed by atoms with Gasteiger partial charge in [-0.25, -0.2) is 4.98 Å². The maximum Gasteiger partial charge on any atom is 0.433 e. The second-order valence-corrected chi connectivity index (χ2v) is 4.86. The summed E-state index contributed by atoms with van der Waals surface area (Å²) in [6, 6.07) is 1.97. The Balaban J connectivity index is 2.92. The van der Waals surface area contributed by atoms with E-state index in [4.69, 9.17) is 18.0 Å². The number of nitrogens with one attached hydrogen (secondary N) is 1. The normalized spacial score (nSPS) is 11.1. The van der Waals surface area contributed by atoms with Crippen LogP contribution in [0.2, 0.25) is 0 Å². The number of pyridine rings is 1. The molecule has 0 saturated heterocycles. The number of aromatic nitrogens is 1. The fourth-order valence-electron chi connectivity index (χ4n) is 1.46. The molecule has 0 aliphatic rings. The van der Waals surface area contributed by atoms with Gasteiger partial charge in [-0.2, -0.15) is 13.2 Å². The summed E-state index contributed by atoms with van der Waals surface area (Å²) in [6.45, 7) is 0.126. The Kier molecular flexibility index (Phi) is 5.47. The lowest BCUT2D eigenvalue weighted by Gasteiger charge is -2.14. The van der Waals surface area contributed by atoms with Crippen LogP contribution in [0.3, 0.4) is 0 Å². The van der Waals surface area contributed by atoms with Crippen molar-refractivity contribution in [1.29, 1.82) is 0 Å². The van der Waals surface area contributed by atoms with E-state index in [2.05, 4.69) is 10.3 Å². The number of alkyl halides is 3. The summed E-state index contributed by atoms with van der Waals surface area (Å²) in [5, 5.41) is 2.67. The van der Waals surface area contributed by atoms with Crippen LogP contribution in [0.4, 0.5) is 19.0 Å². The van der Waals surface area contributed by atoms with E-state index in [1.165, 1.54) is 4.90 Å². The molecule has 21 heavy (non-hydrogen) atoms. The standard InChI is InChI=1S/C12H15F3N4OS/c1-19(2)9(20)5-6-17-11-7(10(16)21)3-4-8(18-11)12(13,14)15/h3-4H,5-6H2,1-2H3,(H2,16,21)(H,17,18). The number of thiocarbonyl (C=S) groups is 1. The summed E-state index contributed by atoms with van der Waals surface area (Å²) in [4.78, 5) is 16.2. The summed E-state index contributed by atoms with van der Waals surface area (Å²) in [7, 11) is 3.18. The van der Waals surface area contributed by atoms with Crippen LogP contribution in [-0.2, 0) is 11.0 Å².